The summed E-state index contributed by atoms with van der Waals surface area (Å²) in [5.41, 5.74) is 9.18. The van der Waals surface area contributed by atoms with Crippen LogP contribution in [0, 0.1) is 0 Å². The quantitative estimate of drug-likeness (QED) is 0.670. The number of hydrogen-bond donors (Lipinski definition) is 2. The zero-order valence-electron chi connectivity index (χ0n) is 12.7. The Balaban J connectivity index is 1.89. The molecule has 1 unspecified atom stereocenters. The van der Waals surface area contributed by atoms with Crippen LogP contribution in [0.3, 0.4) is 0 Å². The van der Waals surface area contributed by atoms with Gasteiger partial charge in [-0.15, -0.1) is 0 Å². The van der Waals surface area contributed by atoms with Gasteiger partial charge in [0.15, 0.2) is 0 Å². The van der Waals surface area contributed by atoms with Crippen LogP contribution in [0.4, 0.5) is 0 Å². The van der Waals surface area contributed by atoms with Gasteiger partial charge in [-0.1, -0.05) is 48.5 Å². The molecule has 0 saturated carbocycles. The number of hydrogen-bond acceptors (Lipinski definition) is 3. The van der Waals surface area contributed by atoms with Crippen LogP contribution < -0.4 is 5.73 Å². The first kappa shape index (κ1) is 15.8. The lowest BCUT2D eigenvalue weighted by atomic mass is 10.1. The monoisotopic (exact) mass is 372 g/mol. The number of carbonyl (C=O) groups excluding carboxylic acids is 1. The molecule has 0 aliphatic carbocycles. The zero-order chi connectivity index (χ0) is 16.4. The van der Waals surface area contributed by atoms with E-state index < -0.39 is 5.97 Å². The van der Waals surface area contributed by atoms with Crippen molar-refractivity contribution in [2.45, 2.75) is 19.6 Å². The molecule has 3 rings (SSSR count). The van der Waals surface area contributed by atoms with Crippen molar-refractivity contribution in [3.63, 3.8) is 0 Å². The van der Waals surface area contributed by atoms with Gasteiger partial charge in [-0.3, -0.25) is 0 Å². The average molecular weight is 373 g/mol. The number of halogens is 1. The van der Waals surface area contributed by atoms with Gasteiger partial charge in [0.2, 0.25) is 0 Å². The van der Waals surface area contributed by atoms with Crippen LogP contribution in [0.15, 0.2) is 53.0 Å². The Bertz CT molecular complexity index is 841. The lowest BCUT2D eigenvalue weighted by molar-refractivity contribution is 0.0466. The Labute approximate surface area is 142 Å². The molecular weight excluding hydrogens is 356 g/mol. The first-order valence-corrected chi connectivity index (χ1v) is 8.14. The molecule has 2 aromatic carbocycles. The van der Waals surface area contributed by atoms with E-state index in [4.69, 9.17) is 10.5 Å². The van der Waals surface area contributed by atoms with Crippen LogP contribution in [0.25, 0.3) is 10.9 Å². The fourth-order valence-corrected chi connectivity index (χ4v) is 3.11. The lowest BCUT2D eigenvalue weighted by Gasteiger charge is -2.06. The summed E-state index contributed by atoms with van der Waals surface area (Å²) >= 11 is 3.49. The summed E-state index contributed by atoms with van der Waals surface area (Å²) in [6.45, 7) is 2.15. The van der Waals surface area contributed by atoms with E-state index in [-0.39, 0.29) is 12.6 Å². The summed E-state index contributed by atoms with van der Waals surface area (Å²) in [6, 6.07) is 15.3. The number of aromatic nitrogens is 1. The van der Waals surface area contributed by atoms with Gasteiger partial charge >= 0.3 is 5.97 Å². The van der Waals surface area contributed by atoms with Crippen molar-refractivity contribution in [3.8, 4) is 0 Å². The number of ether oxygens (including phenoxy) is 1. The summed E-state index contributed by atoms with van der Waals surface area (Å²) in [5.74, 6) is -0.396. The summed E-state index contributed by atoms with van der Waals surface area (Å²) in [4.78, 5) is 15.5. The minimum absolute atomic E-state index is 0.127. The molecule has 23 heavy (non-hydrogen) atoms. The van der Waals surface area contributed by atoms with Crippen molar-refractivity contribution >= 4 is 32.8 Å². The van der Waals surface area contributed by atoms with Crippen molar-refractivity contribution in [2.24, 2.45) is 5.73 Å². The molecule has 0 saturated heterocycles. The van der Waals surface area contributed by atoms with E-state index in [1.165, 1.54) is 0 Å². The highest BCUT2D eigenvalue weighted by Crippen LogP contribution is 2.32. The van der Waals surface area contributed by atoms with Crippen LogP contribution in [0.5, 0.6) is 0 Å². The molecule has 5 heteroatoms. The molecule has 3 N–H and O–H groups in total. The van der Waals surface area contributed by atoms with E-state index in [1.54, 1.807) is 0 Å². The van der Waals surface area contributed by atoms with Crippen LogP contribution in [-0.2, 0) is 11.3 Å². The predicted octanol–water partition coefficient (Wildman–Crippen LogP) is 4.31. The minimum Gasteiger partial charge on any atom is -0.456 e. The number of nitrogens with two attached hydrogens (primary N) is 1. The molecular formula is C18H17BrN2O2. The first-order chi connectivity index (χ1) is 11.1. The number of nitrogens with one attached hydrogen (secondary N) is 1. The Kier molecular flexibility index (Phi) is 4.50. The van der Waals surface area contributed by atoms with E-state index in [1.807, 2.05) is 55.5 Å². The molecule has 3 aromatic rings. The SMILES string of the molecule is CC(N)c1cccc2c(Br)c(C(=O)OCc3ccccc3)[nH]c12. The minimum atomic E-state index is -0.396. The maximum atomic E-state index is 12.4. The number of fused-ring (bicyclic) bond motifs is 1. The highest BCUT2D eigenvalue weighted by molar-refractivity contribution is 9.10. The second-order valence-electron chi connectivity index (χ2n) is 5.43. The number of H-pyrrole nitrogens is 1. The highest BCUT2D eigenvalue weighted by atomic mass is 79.9. The normalized spacial score (nSPS) is 12.3. The van der Waals surface area contributed by atoms with Crippen molar-refractivity contribution in [3.05, 3.63) is 69.8 Å². The van der Waals surface area contributed by atoms with Gasteiger partial charge in [-0.25, -0.2) is 4.79 Å². The van der Waals surface area contributed by atoms with Gasteiger partial charge in [0.1, 0.15) is 12.3 Å². The molecule has 0 amide bonds. The van der Waals surface area contributed by atoms with Crippen molar-refractivity contribution in [2.75, 3.05) is 0 Å². The molecule has 0 bridgehead atoms. The molecule has 1 heterocycles. The molecule has 4 nitrogen and oxygen atoms in total. The van der Waals surface area contributed by atoms with Crippen LogP contribution in [0.2, 0.25) is 0 Å². The molecule has 0 fully saturated rings. The summed E-state index contributed by atoms with van der Waals surface area (Å²) in [5, 5.41) is 0.923. The van der Waals surface area contributed by atoms with Gasteiger partial charge in [-0.2, -0.15) is 0 Å². The smallest absolute Gasteiger partial charge is 0.356 e. The van der Waals surface area contributed by atoms with E-state index in [9.17, 15) is 4.79 Å². The highest BCUT2D eigenvalue weighted by Gasteiger charge is 2.19. The summed E-state index contributed by atoms with van der Waals surface area (Å²) in [7, 11) is 0. The second kappa shape index (κ2) is 6.56. The number of carbonyl (C=O) groups is 1. The number of benzene rings is 2. The molecule has 0 aliphatic heterocycles. The fourth-order valence-electron chi connectivity index (χ4n) is 2.52. The number of para-hydroxylation sites is 1. The summed E-state index contributed by atoms with van der Waals surface area (Å²) in [6.07, 6.45) is 0. The number of rotatable bonds is 4. The predicted molar refractivity (Wildman–Crippen MR) is 94.2 cm³/mol. The van der Waals surface area contributed by atoms with Crippen molar-refractivity contribution < 1.29 is 9.53 Å². The Morgan fingerprint density at radius 2 is 1.96 bits per heavy atom. The van der Waals surface area contributed by atoms with Crippen molar-refractivity contribution in [1.29, 1.82) is 0 Å². The molecule has 118 valence electrons. The van der Waals surface area contributed by atoms with E-state index >= 15 is 0 Å². The Morgan fingerprint density at radius 1 is 1.22 bits per heavy atom. The summed E-state index contributed by atoms with van der Waals surface area (Å²) < 4.78 is 6.10. The first-order valence-electron chi connectivity index (χ1n) is 7.34. The second-order valence-corrected chi connectivity index (χ2v) is 6.23. The van der Waals surface area contributed by atoms with Crippen LogP contribution >= 0.6 is 15.9 Å². The fraction of sp³-hybridized carbons (Fsp3) is 0.167. The molecule has 1 atom stereocenters. The number of esters is 1. The van der Waals surface area contributed by atoms with Gasteiger partial charge in [-0.05, 0) is 34.0 Å². The van der Waals surface area contributed by atoms with E-state index in [0.29, 0.717) is 10.2 Å². The third kappa shape index (κ3) is 3.16. The van der Waals surface area contributed by atoms with Crippen molar-refractivity contribution in [1.82, 2.24) is 4.98 Å². The van der Waals surface area contributed by atoms with E-state index in [0.717, 1.165) is 22.0 Å². The lowest BCUT2D eigenvalue weighted by Crippen LogP contribution is -2.07. The van der Waals surface area contributed by atoms with Gasteiger partial charge in [0.05, 0.1) is 9.99 Å². The maximum absolute atomic E-state index is 12.4. The van der Waals surface area contributed by atoms with Gasteiger partial charge < -0.3 is 15.5 Å². The third-order valence-electron chi connectivity index (χ3n) is 3.71. The number of aromatic amines is 1. The standard InChI is InChI=1S/C18H17BrN2O2/c1-11(20)13-8-5-9-14-15(19)17(21-16(13)14)18(22)23-10-12-6-3-2-4-7-12/h2-9,11,21H,10,20H2,1H3. The molecule has 0 radical (unpaired) electrons. The Morgan fingerprint density at radius 3 is 2.65 bits per heavy atom. The zero-order valence-corrected chi connectivity index (χ0v) is 14.3. The maximum Gasteiger partial charge on any atom is 0.356 e. The Hall–Kier alpha value is -2.11. The van der Waals surface area contributed by atoms with Crippen LogP contribution in [0.1, 0.15) is 34.6 Å². The van der Waals surface area contributed by atoms with Crippen LogP contribution in [-0.4, -0.2) is 11.0 Å². The molecule has 0 spiro atoms. The average Bonchev–Trinajstić information content (AvgIpc) is 2.90. The third-order valence-corrected chi connectivity index (χ3v) is 4.53. The topological polar surface area (TPSA) is 68.1 Å². The molecule has 0 aliphatic rings. The van der Waals surface area contributed by atoms with Gasteiger partial charge in [0.25, 0.3) is 0 Å². The molecule has 1 aromatic heterocycles. The largest absolute Gasteiger partial charge is 0.456 e. The van der Waals surface area contributed by atoms with Gasteiger partial charge in [0, 0.05) is 11.4 Å². The van der Waals surface area contributed by atoms with E-state index in [2.05, 4.69) is 20.9 Å².